The van der Waals surface area contributed by atoms with Crippen LogP contribution in [0.2, 0.25) is 0 Å². The highest BCUT2D eigenvalue weighted by molar-refractivity contribution is 7.71. The Morgan fingerprint density at radius 1 is 1.21 bits per heavy atom. The number of halogens is 3. The van der Waals surface area contributed by atoms with Gasteiger partial charge in [0.05, 0.1) is 23.8 Å². The number of hydrogen-bond acceptors (Lipinski definition) is 4. The summed E-state index contributed by atoms with van der Waals surface area (Å²) in [6.07, 6.45) is -1.24. The number of alkyl halides is 3. The van der Waals surface area contributed by atoms with Crippen molar-refractivity contribution in [1.82, 2.24) is 14.5 Å². The van der Waals surface area contributed by atoms with Gasteiger partial charge in [-0.05, 0) is 55.4 Å². The Labute approximate surface area is 169 Å². The fraction of sp³-hybridized carbons (Fsp3) is 0.350. The van der Waals surface area contributed by atoms with Gasteiger partial charge in [0.25, 0.3) is 5.56 Å². The molecule has 3 aromatic rings. The Bertz CT molecular complexity index is 1180. The lowest BCUT2D eigenvalue weighted by Crippen LogP contribution is -2.22. The van der Waals surface area contributed by atoms with Crippen molar-refractivity contribution in [2.45, 2.75) is 37.9 Å². The Balaban J connectivity index is 2.07. The van der Waals surface area contributed by atoms with Crippen LogP contribution in [0.4, 0.5) is 13.2 Å². The molecular weight excluding hydrogens is 403 g/mol. The molecule has 2 aromatic heterocycles. The molecule has 0 saturated heterocycles. The minimum atomic E-state index is -4.72. The van der Waals surface area contributed by atoms with Gasteiger partial charge in [-0.1, -0.05) is 12.8 Å². The van der Waals surface area contributed by atoms with Gasteiger partial charge in [0.2, 0.25) is 0 Å². The molecular formula is C20H18F3N3O2S. The summed E-state index contributed by atoms with van der Waals surface area (Å²) in [7, 11) is 1.51. The van der Waals surface area contributed by atoms with E-state index in [-0.39, 0.29) is 22.2 Å². The monoisotopic (exact) mass is 421 g/mol. The average Bonchev–Trinajstić information content (AvgIpc) is 3.20. The minimum Gasteiger partial charge on any atom is -0.497 e. The highest BCUT2D eigenvalue weighted by atomic mass is 32.1. The first-order valence-corrected chi connectivity index (χ1v) is 9.61. The lowest BCUT2D eigenvalue weighted by molar-refractivity contribution is -0.136. The number of hydrogen-bond donors (Lipinski definition) is 1. The van der Waals surface area contributed by atoms with Gasteiger partial charge in [-0.2, -0.15) is 13.2 Å². The highest BCUT2D eigenvalue weighted by Gasteiger charge is 2.36. The lowest BCUT2D eigenvalue weighted by atomic mass is 10.1. The van der Waals surface area contributed by atoms with Crippen LogP contribution in [0.25, 0.3) is 22.3 Å². The third-order valence-electron chi connectivity index (χ3n) is 5.28. The number of rotatable bonds is 3. The van der Waals surface area contributed by atoms with E-state index < -0.39 is 22.7 Å². The summed E-state index contributed by atoms with van der Waals surface area (Å²) in [6.45, 7) is 0. The largest absolute Gasteiger partial charge is 0.497 e. The van der Waals surface area contributed by atoms with Gasteiger partial charge in [-0.3, -0.25) is 14.3 Å². The van der Waals surface area contributed by atoms with Crippen molar-refractivity contribution in [1.29, 1.82) is 0 Å². The summed E-state index contributed by atoms with van der Waals surface area (Å²) >= 11 is 5.30. The van der Waals surface area contributed by atoms with E-state index in [9.17, 15) is 18.0 Å². The first kappa shape index (κ1) is 19.6. The van der Waals surface area contributed by atoms with Crippen molar-refractivity contribution in [3.8, 4) is 17.0 Å². The second-order valence-electron chi connectivity index (χ2n) is 7.05. The van der Waals surface area contributed by atoms with Crippen molar-refractivity contribution >= 4 is 23.3 Å². The van der Waals surface area contributed by atoms with Crippen molar-refractivity contribution < 1.29 is 17.9 Å². The summed E-state index contributed by atoms with van der Waals surface area (Å²) < 4.78 is 48.4. The molecule has 1 aliphatic carbocycles. The Kier molecular flexibility index (Phi) is 4.94. The number of ether oxygens (including phenoxy) is 1. The summed E-state index contributed by atoms with van der Waals surface area (Å²) in [4.78, 5) is 19.4. The highest BCUT2D eigenvalue weighted by Crippen LogP contribution is 2.38. The molecule has 1 aromatic carbocycles. The fourth-order valence-corrected chi connectivity index (χ4v) is 4.21. The van der Waals surface area contributed by atoms with Crippen LogP contribution in [-0.2, 0) is 6.18 Å². The molecule has 0 radical (unpaired) electrons. The molecule has 0 unspecified atom stereocenters. The zero-order chi connectivity index (χ0) is 20.8. The van der Waals surface area contributed by atoms with Crippen LogP contribution in [0.15, 0.2) is 35.1 Å². The molecule has 0 bridgehead atoms. The quantitative estimate of drug-likeness (QED) is 0.586. The molecule has 5 nitrogen and oxygen atoms in total. The number of benzene rings is 1. The maximum atomic E-state index is 13.9. The summed E-state index contributed by atoms with van der Waals surface area (Å²) in [5.41, 5.74) is -1.30. The minimum absolute atomic E-state index is 0.0220. The summed E-state index contributed by atoms with van der Waals surface area (Å²) in [5, 5.41) is -0.477. The van der Waals surface area contributed by atoms with E-state index >= 15 is 0 Å². The fourth-order valence-electron chi connectivity index (χ4n) is 3.88. The maximum Gasteiger partial charge on any atom is 0.417 e. The standard InChI is InChI=1S/C20H18F3N3O2S/c1-28-13-8-6-11(7-9-13)15-10-14(20(21,22)23)16-17(24-15)26(12-4-2-3-5-12)19(29)25-18(16)27/h6-10,12H,2-5H2,1H3,(H,25,27,29). The van der Waals surface area contributed by atoms with E-state index in [1.807, 2.05) is 0 Å². The lowest BCUT2D eigenvalue weighted by Gasteiger charge is -2.19. The second kappa shape index (κ2) is 7.29. The van der Waals surface area contributed by atoms with Crippen LogP contribution in [0.3, 0.4) is 0 Å². The van der Waals surface area contributed by atoms with Gasteiger partial charge < -0.3 is 4.74 Å². The van der Waals surface area contributed by atoms with Crippen molar-refractivity contribution in [2.75, 3.05) is 7.11 Å². The third-order valence-corrected chi connectivity index (χ3v) is 5.57. The number of aromatic amines is 1. The second-order valence-corrected chi connectivity index (χ2v) is 7.43. The molecule has 1 saturated carbocycles. The number of fused-ring (bicyclic) bond motifs is 1. The van der Waals surface area contributed by atoms with Gasteiger partial charge in [0, 0.05) is 11.6 Å². The van der Waals surface area contributed by atoms with Gasteiger partial charge in [-0.15, -0.1) is 0 Å². The van der Waals surface area contributed by atoms with Crippen LogP contribution in [0, 0.1) is 4.77 Å². The number of pyridine rings is 1. The maximum absolute atomic E-state index is 13.9. The topological polar surface area (TPSA) is 59.9 Å². The van der Waals surface area contributed by atoms with Gasteiger partial charge in [-0.25, -0.2) is 4.98 Å². The van der Waals surface area contributed by atoms with Gasteiger partial charge >= 0.3 is 6.18 Å². The molecule has 1 N–H and O–H groups in total. The smallest absolute Gasteiger partial charge is 0.417 e. The van der Waals surface area contributed by atoms with E-state index in [2.05, 4.69) is 9.97 Å². The number of nitrogens with zero attached hydrogens (tertiary/aromatic N) is 2. The molecule has 0 amide bonds. The van der Waals surface area contributed by atoms with Crippen LogP contribution in [0.5, 0.6) is 5.75 Å². The van der Waals surface area contributed by atoms with Crippen molar-refractivity contribution in [3.05, 3.63) is 51.0 Å². The van der Waals surface area contributed by atoms with E-state index in [1.54, 1.807) is 28.8 Å². The molecule has 1 fully saturated rings. The first-order chi connectivity index (χ1) is 13.8. The van der Waals surface area contributed by atoms with Crippen LogP contribution in [-0.4, -0.2) is 21.6 Å². The zero-order valence-electron chi connectivity index (χ0n) is 15.5. The summed E-state index contributed by atoms with van der Waals surface area (Å²) in [5.74, 6) is 0.580. The number of aromatic nitrogens is 3. The predicted molar refractivity (Wildman–Crippen MR) is 106 cm³/mol. The van der Waals surface area contributed by atoms with Gasteiger partial charge in [0.15, 0.2) is 4.77 Å². The summed E-state index contributed by atoms with van der Waals surface area (Å²) in [6, 6.07) is 7.40. The normalized spacial score (nSPS) is 15.2. The first-order valence-electron chi connectivity index (χ1n) is 9.21. The van der Waals surface area contributed by atoms with Crippen LogP contribution < -0.4 is 10.3 Å². The average molecular weight is 421 g/mol. The Morgan fingerprint density at radius 2 is 1.86 bits per heavy atom. The number of H-pyrrole nitrogens is 1. The van der Waals surface area contributed by atoms with E-state index in [4.69, 9.17) is 17.0 Å². The van der Waals surface area contributed by atoms with Crippen LogP contribution in [0.1, 0.15) is 37.3 Å². The molecule has 29 heavy (non-hydrogen) atoms. The Hall–Kier alpha value is -2.68. The number of nitrogens with one attached hydrogen (secondary N) is 1. The molecule has 9 heteroatoms. The molecule has 2 heterocycles. The van der Waals surface area contributed by atoms with E-state index in [0.717, 1.165) is 31.7 Å². The SMILES string of the molecule is COc1ccc(-c2cc(C(F)(F)F)c3c(=O)[nH]c(=S)n(C4CCCC4)c3n2)cc1. The van der Waals surface area contributed by atoms with Gasteiger partial charge in [0.1, 0.15) is 11.4 Å². The molecule has 4 rings (SSSR count). The third kappa shape index (κ3) is 3.55. The zero-order valence-corrected chi connectivity index (χ0v) is 16.4. The molecule has 1 aliphatic rings. The van der Waals surface area contributed by atoms with Crippen molar-refractivity contribution in [2.24, 2.45) is 0 Å². The van der Waals surface area contributed by atoms with Crippen molar-refractivity contribution in [3.63, 3.8) is 0 Å². The van der Waals surface area contributed by atoms with Crippen LogP contribution >= 0.6 is 12.2 Å². The van der Waals surface area contributed by atoms with E-state index in [1.165, 1.54) is 7.11 Å². The molecule has 0 aliphatic heterocycles. The molecule has 0 atom stereocenters. The number of methoxy groups -OCH3 is 1. The molecule has 152 valence electrons. The predicted octanol–water partition coefficient (Wildman–Crippen LogP) is 5.26. The Morgan fingerprint density at radius 3 is 2.45 bits per heavy atom. The van der Waals surface area contributed by atoms with E-state index in [0.29, 0.717) is 11.3 Å². The molecule has 0 spiro atoms.